The summed E-state index contributed by atoms with van der Waals surface area (Å²) in [6.45, 7) is -0.00261. The Labute approximate surface area is 95.3 Å². The molecule has 2 rings (SSSR count). The molecule has 0 atom stereocenters. The number of nitrogens with one attached hydrogen (secondary N) is 1. The minimum atomic E-state index is -0.00261. The van der Waals surface area contributed by atoms with Gasteiger partial charge in [0.1, 0.15) is 0 Å². The van der Waals surface area contributed by atoms with Gasteiger partial charge in [-0.3, -0.25) is 5.10 Å². The monoisotopic (exact) mass is 300 g/mol. The average molecular weight is 300 g/mol. The van der Waals surface area contributed by atoms with Crippen LogP contribution in [0, 0.1) is 3.57 Å². The summed E-state index contributed by atoms with van der Waals surface area (Å²) in [5.74, 6) is 0. The highest BCUT2D eigenvalue weighted by molar-refractivity contribution is 14.1. The second kappa shape index (κ2) is 4.10. The van der Waals surface area contributed by atoms with Gasteiger partial charge in [-0.05, 0) is 40.8 Å². The van der Waals surface area contributed by atoms with E-state index in [-0.39, 0.29) is 6.61 Å². The molecule has 14 heavy (non-hydrogen) atoms. The van der Waals surface area contributed by atoms with Crippen molar-refractivity contribution in [3.8, 4) is 11.3 Å². The standard InChI is InChI=1S/C10H9IN2O/c11-8-3-1-7(2-4-8)10-5-9(6-14)12-13-10/h1-5,14H,6H2,(H,12,13). The molecule has 2 aromatic rings. The maximum atomic E-state index is 8.87. The van der Waals surface area contributed by atoms with Crippen molar-refractivity contribution in [3.63, 3.8) is 0 Å². The number of aromatic nitrogens is 2. The molecule has 72 valence electrons. The van der Waals surface area contributed by atoms with E-state index in [0.717, 1.165) is 17.0 Å². The van der Waals surface area contributed by atoms with E-state index in [9.17, 15) is 0 Å². The van der Waals surface area contributed by atoms with Gasteiger partial charge in [0.05, 0.1) is 18.0 Å². The van der Waals surface area contributed by atoms with Gasteiger partial charge in [-0.2, -0.15) is 5.10 Å². The molecule has 1 heterocycles. The predicted octanol–water partition coefficient (Wildman–Crippen LogP) is 2.17. The van der Waals surface area contributed by atoms with Crippen LogP contribution < -0.4 is 0 Å². The quantitative estimate of drug-likeness (QED) is 0.835. The Kier molecular flexibility index (Phi) is 2.83. The van der Waals surface area contributed by atoms with E-state index in [1.807, 2.05) is 30.3 Å². The van der Waals surface area contributed by atoms with Crippen molar-refractivity contribution in [3.05, 3.63) is 39.6 Å². The Hall–Kier alpha value is -0.880. The SMILES string of the molecule is OCc1cc(-c2ccc(I)cc2)n[nH]1. The predicted molar refractivity (Wildman–Crippen MR) is 62.7 cm³/mol. The highest BCUT2D eigenvalue weighted by Gasteiger charge is 2.02. The van der Waals surface area contributed by atoms with Crippen LogP contribution in [0.1, 0.15) is 5.69 Å². The first-order valence-electron chi connectivity index (χ1n) is 4.20. The molecular formula is C10H9IN2O. The molecule has 0 bridgehead atoms. The van der Waals surface area contributed by atoms with Gasteiger partial charge in [-0.25, -0.2) is 0 Å². The number of hydrogen-bond donors (Lipinski definition) is 2. The highest BCUT2D eigenvalue weighted by atomic mass is 127. The number of benzene rings is 1. The van der Waals surface area contributed by atoms with Crippen LogP contribution in [-0.4, -0.2) is 15.3 Å². The lowest BCUT2D eigenvalue weighted by molar-refractivity contribution is 0.276. The van der Waals surface area contributed by atoms with Gasteiger partial charge in [-0.15, -0.1) is 0 Å². The Morgan fingerprint density at radius 2 is 2.00 bits per heavy atom. The first-order chi connectivity index (χ1) is 6.79. The van der Waals surface area contributed by atoms with Crippen molar-refractivity contribution >= 4 is 22.6 Å². The van der Waals surface area contributed by atoms with Crippen LogP contribution in [0.5, 0.6) is 0 Å². The normalized spacial score (nSPS) is 10.4. The summed E-state index contributed by atoms with van der Waals surface area (Å²) in [5, 5.41) is 15.7. The molecule has 0 amide bonds. The number of hydrogen-bond acceptors (Lipinski definition) is 2. The molecule has 0 radical (unpaired) electrons. The van der Waals surface area contributed by atoms with E-state index < -0.39 is 0 Å². The lowest BCUT2D eigenvalue weighted by Gasteiger charge is -1.95. The molecule has 0 unspecified atom stereocenters. The first-order valence-corrected chi connectivity index (χ1v) is 5.28. The van der Waals surface area contributed by atoms with Gasteiger partial charge >= 0.3 is 0 Å². The van der Waals surface area contributed by atoms with Crippen LogP contribution in [0.3, 0.4) is 0 Å². The molecule has 2 N–H and O–H groups in total. The second-order valence-corrected chi connectivity index (χ2v) is 4.19. The molecule has 0 aliphatic carbocycles. The van der Waals surface area contributed by atoms with Crippen LogP contribution in [0.4, 0.5) is 0 Å². The fraction of sp³-hybridized carbons (Fsp3) is 0.100. The Bertz CT molecular complexity index is 422. The Balaban J connectivity index is 2.34. The van der Waals surface area contributed by atoms with Gasteiger partial charge in [0.15, 0.2) is 0 Å². The van der Waals surface area contributed by atoms with E-state index >= 15 is 0 Å². The minimum absolute atomic E-state index is 0.00261. The molecule has 0 aliphatic rings. The summed E-state index contributed by atoms with van der Waals surface area (Å²) in [6.07, 6.45) is 0. The summed E-state index contributed by atoms with van der Waals surface area (Å²) in [7, 11) is 0. The van der Waals surface area contributed by atoms with Crippen molar-refractivity contribution in [2.75, 3.05) is 0 Å². The molecule has 3 nitrogen and oxygen atoms in total. The maximum absolute atomic E-state index is 8.87. The second-order valence-electron chi connectivity index (χ2n) is 2.94. The number of halogens is 1. The van der Waals surface area contributed by atoms with Gasteiger partial charge < -0.3 is 5.11 Å². The average Bonchev–Trinajstić information content (AvgIpc) is 2.67. The Morgan fingerprint density at radius 3 is 2.57 bits per heavy atom. The fourth-order valence-electron chi connectivity index (χ4n) is 1.21. The molecule has 4 heteroatoms. The minimum Gasteiger partial charge on any atom is -0.390 e. The zero-order chi connectivity index (χ0) is 9.97. The molecule has 0 saturated carbocycles. The highest BCUT2D eigenvalue weighted by Crippen LogP contribution is 2.18. The van der Waals surface area contributed by atoms with Gasteiger partial charge in [0.2, 0.25) is 0 Å². The van der Waals surface area contributed by atoms with Crippen molar-refractivity contribution in [1.29, 1.82) is 0 Å². The number of aromatic amines is 1. The van der Waals surface area contributed by atoms with Crippen LogP contribution in [-0.2, 0) is 6.61 Å². The van der Waals surface area contributed by atoms with E-state index in [1.165, 1.54) is 3.57 Å². The van der Waals surface area contributed by atoms with Crippen LogP contribution in [0.2, 0.25) is 0 Å². The van der Waals surface area contributed by atoms with Gasteiger partial charge in [0.25, 0.3) is 0 Å². The van der Waals surface area contributed by atoms with E-state index in [2.05, 4.69) is 32.8 Å². The van der Waals surface area contributed by atoms with Crippen molar-refractivity contribution in [2.45, 2.75) is 6.61 Å². The number of H-pyrrole nitrogens is 1. The summed E-state index contributed by atoms with van der Waals surface area (Å²) < 4.78 is 1.20. The summed E-state index contributed by atoms with van der Waals surface area (Å²) >= 11 is 2.26. The van der Waals surface area contributed by atoms with Gasteiger partial charge in [-0.1, -0.05) is 12.1 Å². The third-order valence-corrected chi connectivity index (χ3v) is 2.66. The number of rotatable bonds is 2. The zero-order valence-electron chi connectivity index (χ0n) is 7.37. The van der Waals surface area contributed by atoms with Crippen LogP contribution >= 0.6 is 22.6 Å². The lowest BCUT2D eigenvalue weighted by atomic mass is 10.1. The number of aliphatic hydroxyl groups is 1. The zero-order valence-corrected chi connectivity index (χ0v) is 9.52. The van der Waals surface area contributed by atoms with E-state index in [0.29, 0.717) is 0 Å². The topological polar surface area (TPSA) is 48.9 Å². The summed E-state index contributed by atoms with van der Waals surface area (Å²) in [4.78, 5) is 0. The third-order valence-electron chi connectivity index (χ3n) is 1.94. The van der Waals surface area contributed by atoms with Gasteiger partial charge in [0, 0.05) is 9.13 Å². The van der Waals surface area contributed by atoms with E-state index in [1.54, 1.807) is 0 Å². The van der Waals surface area contributed by atoms with Crippen LogP contribution in [0.15, 0.2) is 30.3 Å². The molecule has 1 aromatic carbocycles. The van der Waals surface area contributed by atoms with Crippen LogP contribution in [0.25, 0.3) is 11.3 Å². The fourth-order valence-corrected chi connectivity index (χ4v) is 1.57. The first kappa shape index (κ1) is 9.67. The maximum Gasteiger partial charge on any atom is 0.0924 e. The molecular weight excluding hydrogens is 291 g/mol. The summed E-state index contributed by atoms with van der Waals surface area (Å²) in [5.41, 5.74) is 2.66. The largest absolute Gasteiger partial charge is 0.390 e. The van der Waals surface area contributed by atoms with Crippen molar-refractivity contribution < 1.29 is 5.11 Å². The molecule has 0 aliphatic heterocycles. The van der Waals surface area contributed by atoms with E-state index in [4.69, 9.17) is 5.11 Å². The van der Waals surface area contributed by atoms with Crippen molar-refractivity contribution in [2.24, 2.45) is 0 Å². The smallest absolute Gasteiger partial charge is 0.0924 e. The third kappa shape index (κ3) is 1.96. The molecule has 1 aromatic heterocycles. The lowest BCUT2D eigenvalue weighted by Crippen LogP contribution is -1.79. The summed E-state index contributed by atoms with van der Waals surface area (Å²) in [6, 6.07) is 9.94. The molecule has 0 fully saturated rings. The van der Waals surface area contributed by atoms with Crippen molar-refractivity contribution in [1.82, 2.24) is 10.2 Å². The number of aliphatic hydroxyl groups excluding tert-OH is 1. The molecule has 0 saturated heterocycles. The Morgan fingerprint density at radius 1 is 1.29 bits per heavy atom. The molecule has 0 spiro atoms. The number of nitrogens with zero attached hydrogens (tertiary/aromatic N) is 1.